The largest absolute Gasteiger partial charge is 0.493 e. The van der Waals surface area contributed by atoms with Gasteiger partial charge in [-0.15, -0.1) is 0 Å². The molecule has 1 amide bonds. The number of nitrogens with zero attached hydrogens (tertiary/aromatic N) is 1. The van der Waals surface area contributed by atoms with Crippen molar-refractivity contribution in [2.24, 2.45) is 5.92 Å². The molecular formula is C29H38N2O3. The number of aryl methyl sites for hydroxylation is 1. The van der Waals surface area contributed by atoms with Crippen LogP contribution in [0.25, 0.3) is 0 Å². The second-order valence-electron chi connectivity index (χ2n) is 10.3. The third kappa shape index (κ3) is 6.00. The highest BCUT2D eigenvalue weighted by atomic mass is 16.5. The van der Waals surface area contributed by atoms with Crippen molar-refractivity contribution in [1.82, 2.24) is 10.2 Å². The van der Waals surface area contributed by atoms with E-state index in [9.17, 15) is 4.79 Å². The van der Waals surface area contributed by atoms with Gasteiger partial charge in [0.15, 0.2) is 0 Å². The lowest BCUT2D eigenvalue weighted by atomic mass is 9.86. The van der Waals surface area contributed by atoms with E-state index in [4.69, 9.17) is 9.47 Å². The summed E-state index contributed by atoms with van der Waals surface area (Å²) < 4.78 is 11.5. The number of benzene rings is 2. The number of nitrogens with one attached hydrogen (secondary N) is 1. The Morgan fingerprint density at radius 1 is 1.09 bits per heavy atom. The topological polar surface area (TPSA) is 50.8 Å². The first-order valence-corrected chi connectivity index (χ1v) is 13.1. The molecule has 2 atom stereocenters. The molecule has 2 fully saturated rings. The SMILES string of the molecule is CN(C(=O)c1ccc(OCC2CC2)cc1)C1CCc2cc(CNCCC3CCCO3)ccc2C1. The predicted octanol–water partition coefficient (Wildman–Crippen LogP) is 4.76. The summed E-state index contributed by atoms with van der Waals surface area (Å²) in [5, 5.41) is 3.57. The Kier molecular flexibility index (Phi) is 7.51. The lowest BCUT2D eigenvalue weighted by Gasteiger charge is -2.33. The van der Waals surface area contributed by atoms with Crippen LogP contribution in [0.3, 0.4) is 0 Å². The molecule has 5 heteroatoms. The van der Waals surface area contributed by atoms with E-state index in [0.717, 1.165) is 69.2 Å². The zero-order valence-electron chi connectivity index (χ0n) is 20.4. The summed E-state index contributed by atoms with van der Waals surface area (Å²) in [6, 6.07) is 14.7. The van der Waals surface area contributed by atoms with Gasteiger partial charge in [0.25, 0.3) is 5.91 Å². The molecule has 1 heterocycles. The number of rotatable bonds is 10. The number of likely N-dealkylation sites (N-methyl/N-ethyl adjacent to an activating group) is 1. The van der Waals surface area contributed by atoms with Crippen LogP contribution in [0, 0.1) is 5.92 Å². The lowest BCUT2D eigenvalue weighted by Crippen LogP contribution is -2.40. The van der Waals surface area contributed by atoms with Crippen LogP contribution in [0.4, 0.5) is 0 Å². The molecular weight excluding hydrogens is 424 g/mol. The van der Waals surface area contributed by atoms with Gasteiger partial charge in [-0.05, 0) is 105 Å². The van der Waals surface area contributed by atoms with E-state index in [1.54, 1.807) is 0 Å². The van der Waals surface area contributed by atoms with Crippen LogP contribution in [0.15, 0.2) is 42.5 Å². The maximum atomic E-state index is 13.1. The molecule has 182 valence electrons. The molecule has 5 nitrogen and oxygen atoms in total. The fourth-order valence-corrected chi connectivity index (χ4v) is 5.16. The summed E-state index contributed by atoms with van der Waals surface area (Å²) in [7, 11) is 1.95. The first-order valence-electron chi connectivity index (χ1n) is 13.1. The van der Waals surface area contributed by atoms with Crippen molar-refractivity contribution in [2.45, 2.75) is 70.1 Å². The zero-order chi connectivity index (χ0) is 23.3. The van der Waals surface area contributed by atoms with E-state index in [1.165, 1.54) is 42.4 Å². The van der Waals surface area contributed by atoms with Gasteiger partial charge in [-0.1, -0.05) is 18.2 Å². The molecule has 1 saturated heterocycles. The molecule has 34 heavy (non-hydrogen) atoms. The van der Waals surface area contributed by atoms with Crippen molar-refractivity contribution < 1.29 is 14.3 Å². The van der Waals surface area contributed by atoms with Gasteiger partial charge in [-0.3, -0.25) is 4.79 Å². The van der Waals surface area contributed by atoms with Gasteiger partial charge >= 0.3 is 0 Å². The Hall–Kier alpha value is -2.37. The maximum absolute atomic E-state index is 13.1. The molecule has 1 saturated carbocycles. The van der Waals surface area contributed by atoms with E-state index >= 15 is 0 Å². The highest BCUT2D eigenvalue weighted by Crippen LogP contribution is 2.30. The van der Waals surface area contributed by atoms with Crippen molar-refractivity contribution >= 4 is 5.91 Å². The molecule has 0 aromatic heterocycles. The number of carbonyl (C=O) groups is 1. The van der Waals surface area contributed by atoms with Crippen molar-refractivity contribution in [3.8, 4) is 5.75 Å². The first-order chi connectivity index (χ1) is 16.7. The number of ether oxygens (including phenoxy) is 2. The van der Waals surface area contributed by atoms with E-state index in [-0.39, 0.29) is 11.9 Å². The van der Waals surface area contributed by atoms with Crippen LogP contribution < -0.4 is 10.1 Å². The second kappa shape index (κ2) is 10.9. The van der Waals surface area contributed by atoms with E-state index in [2.05, 4.69) is 23.5 Å². The molecule has 0 radical (unpaired) electrons. The maximum Gasteiger partial charge on any atom is 0.253 e. The summed E-state index contributed by atoms with van der Waals surface area (Å²) in [4.78, 5) is 15.0. The summed E-state index contributed by atoms with van der Waals surface area (Å²) in [5.41, 5.74) is 4.89. The Balaban J connectivity index is 1.11. The molecule has 2 unspecified atom stereocenters. The van der Waals surface area contributed by atoms with Crippen LogP contribution in [0.5, 0.6) is 5.75 Å². The summed E-state index contributed by atoms with van der Waals surface area (Å²) in [6.45, 7) is 3.63. The Morgan fingerprint density at radius 2 is 1.94 bits per heavy atom. The standard InChI is InChI=1S/C29H38N2O3/c1-31(29(32)23-9-12-28(13-10-23)34-20-21-4-5-21)26-11-8-24-17-22(6-7-25(24)18-26)19-30-15-14-27-3-2-16-33-27/h6-7,9-10,12-13,17,21,26-27,30H,2-5,8,11,14-16,18-20H2,1H3. The van der Waals surface area contributed by atoms with Crippen molar-refractivity contribution in [2.75, 3.05) is 26.8 Å². The monoisotopic (exact) mass is 462 g/mol. The second-order valence-corrected chi connectivity index (χ2v) is 10.3. The molecule has 1 aliphatic heterocycles. The highest BCUT2D eigenvalue weighted by Gasteiger charge is 2.26. The van der Waals surface area contributed by atoms with Crippen LogP contribution in [0.1, 0.15) is 65.6 Å². The molecule has 0 spiro atoms. The minimum Gasteiger partial charge on any atom is -0.493 e. The third-order valence-corrected chi connectivity index (χ3v) is 7.62. The number of hydrogen-bond acceptors (Lipinski definition) is 4. The normalized spacial score (nSPS) is 21.8. The summed E-state index contributed by atoms with van der Waals surface area (Å²) in [5.74, 6) is 1.68. The summed E-state index contributed by atoms with van der Waals surface area (Å²) in [6.07, 6.45) is 9.48. The molecule has 5 rings (SSSR count). The molecule has 1 N–H and O–H groups in total. The first kappa shape index (κ1) is 23.4. The summed E-state index contributed by atoms with van der Waals surface area (Å²) >= 11 is 0. The van der Waals surface area contributed by atoms with E-state index in [0.29, 0.717) is 6.10 Å². The molecule has 0 bridgehead atoms. The molecule has 2 aliphatic carbocycles. The number of amides is 1. The Bertz CT molecular complexity index is 964. The smallest absolute Gasteiger partial charge is 0.253 e. The predicted molar refractivity (Wildman–Crippen MR) is 134 cm³/mol. The Labute approximate surface area is 203 Å². The highest BCUT2D eigenvalue weighted by molar-refractivity contribution is 5.94. The van der Waals surface area contributed by atoms with E-state index < -0.39 is 0 Å². The molecule has 2 aromatic rings. The van der Waals surface area contributed by atoms with Gasteiger partial charge in [0.1, 0.15) is 5.75 Å². The third-order valence-electron chi connectivity index (χ3n) is 7.62. The molecule has 3 aliphatic rings. The quantitative estimate of drug-likeness (QED) is 0.517. The fourth-order valence-electron chi connectivity index (χ4n) is 5.16. The van der Waals surface area contributed by atoms with Crippen molar-refractivity contribution in [3.05, 3.63) is 64.7 Å². The van der Waals surface area contributed by atoms with Crippen LogP contribution >= 0.6 is 0 Å². The Morgan fingerprint density at radius 3 is 2.71 bits per heavy atom. The number of carbonyl (C=O) groups excluding carboxylic acids is 1. The van der Waals surface area contributed by atoms with Gasteiger partial charge in [0.05, 0.1) is 12.7 Å². The van der Waals surface area contributed by atoms with Crippen LogP contribution in [-0.2, 0) is 24.1 Å². The lowest BCUT2D eigenvalue weighted by molar-refractivity contribution is 0.0719. The average molecular weight is 463 g/mol. The van der Waals surface area contributed by atoms with Crippen molar-refractivity contribution in [1.29, 1.82) is 0 Å². The fraction of sp³-hybridized carbons (Fsp3) is 0.552. The van der Waals surface area contributed by atoms with Gasteiger partial charge in [-0.25, -0.2) is 0 Å². The van der Waals surface area contributed by atoms with Crippen LogP contribution in [-0.4, -0.2) is 49.8 Å². The zero-order valence-corrected chi connectivity index (χ0v) is 20.4. The van der Waals surface area contributed by atoms with E-state index in [1.807, 2.05) is 36.2 Å². The van der Waals surface area contributed by atoms with Gasteiger partial charge in [-0.2, -0.15) is 0 Å². The van der Waals surface area contributed by atoms with Gasteiger partial charge < -0.3 is 19.7 Å². The average Bonchev–Trinajstić information content (AvgIpc) is 3.57. The van der Waals surface area contributed by atoms with Crippen molar-refractivity contribution in [3.63, 3.8) is 0 Å². The number of hydrogen-bond donors (Lipinski definition) is 1. The minimum atomic E-state index is 0.0919. The van der Waals surface area contributed by atoms with Gasteiger partial charge in [0.2, 0.25) is 0 Å². The minimum absolute atomic E-state index is 0.0919. The van der Waals surface area contributed by atoms with Crippen LogP contribution in [0.2, 0.25) is 0 Å². The molecule has 2 aromatic carbocycles. The number of fused-ring (bicyclic) bond motifs is 1. The van der Waals surface area contributed by atoms with Gasteiger partial charge in [0, 0.05) is 31.8 Å².